The first-order chi connectivity index (χ1) is 9.54. The van der Waals surface area contributed by atoms with E-state index in [-0.39, 0.29) is 42.6 Å². The van der Waals surface area contributed by atoms with E-state index in [1.54, 1.807) is 24.3 Å². The molecule has 2 atom stereocenters. The Hall–Kier alpha value is -0.330. The molecular formula is C14H15ClFNaO4. The zero-order valence-electron chi connectivity index (χ0n) is 11.8. The summed E-state index contributed by atoms with van der Waals surface area (Å²) in [6.45, 7) is 0.339. The van der Waals surface area contributed by atoms with Crippen molar-refractivity contribution in [1.82, 2.24) is 0 Å². The number of rotatable bonds is 8. The summed E-state index contributed by atoms with van der Waals surface area (Å²) in [5, 5.41) is 11.3. The second-order valence-corrected chi connectivity index (χ2v) is 5.17. The number of benzene rings is 1. The van der Waals surface area contributed by atoms with Crippen LogP contribution in [0.1, 0.15) is 19.3 Å². The van der Waals surface area contributed by atoms with Crippen molar-refractivity contribution in [2.75, 3.05) is 13.2 Å². The first-order valence-corrected chi connectivity index (χ1v) is 6.80. The zero-order chi connectivity index (χ0) is 14.6. The van der Waals surface area contributed by atoms with Crippen LogP contribution in [0.4, 0.5) is 4.39 Å². The van der Waals surface area contributed by atoms with Gasteiger partial charge in [0.15, 0.2) is 5.60 Å². The third kappa shape index (κ3) is 5.11. The number of carbonyl (C=O) groups excluding carboxylic acids is 1. The van der Waals surface area contributed by atoms with Gasteiger partial charge in [-0.1, -0.05) is 11.6 Å². The summed E-state index contributed by atoms with van der Waals surface area (Å²) in [5.41, 5.74) is -1.70. The first kappa shape index (κ1) is 18.7. The van der Waals surface area contributed by atoms with E-state index >= 15 is 0 Å². The van der Waals surface area contributed by atoms with Gasteiger partial charge in [0, 0.05) is 5.02 Å². The largest absolute Gasteiger partial charge is 1.00 e. The number of alkyl halides is 1. The van der Waals surface area contributed by atoms with Crippen LogP contribution in [0.3, 0.4) is 0 Å². The number of halogens is 2. The van der Waals surface area contributed by atoms with Crippen molar-refractivity contribution in [2.45, 2.75) is 31.0 Å². The molecule has 0 radical (unpaired) electrons. The standard InChI is InChI=1S/C14H16ClFO4.Na/c15-10-4-6-11(7-5-10)19-8-2-1-3-12(16)14(9-20-14)13(17)18;/h4-7,12H,1-3,8-9H2,(H,17,18);/q;+1/p-1. The minimum Gasteiger partial charge on any atom is -0.547 e. The van der Waals surface area contributed by atoms with E-state index < -0.39 is 17.7 Å². The van der Waals surface area contributed by atoms with Crippen molar-refractivity contribution in [3.8, 4) is 5.75 Å². The minimum atomic E-state index is -1.70. The van der Waals surface area contributed by atoms with Gasteiger partial charge in [-0.15, -0.1) is 0 Å². The maximum atomic E-state index is 13.7. The van der Waals surface area contributed by atoms with Gasteiger partial charge in [-0.2, -0.15) is 0 Å². The van der Waals surface area contributed by atoms with Crippen molar-refractivity contribution in [2.24, 2.45) is 0 Å². The minimum absolute atomic E-state index is 0. The summed E-state index contributed by atoms with van der Waals surface area (Å²) in [6.07, 6.45) is -0.250. The van der Waals surface area contributed by atoms with Crippen molar-refractivity contribution < 1.29 is 53.3 Å². The molecule has 1 fully saturated rings. The average Bonchev–Trinajstić information content (AvgIpc) is 3.22. The van der Waals surface area contributed by atoms with Crippen LogP contribution in [0, 0.1) is 0 Å². The number of unbranched alkanes of at least 4 members (excludes halogenated alkanes) is 1. The molecule has 1 saturated heterocycles. The predicted molar refractivity (Wildman–Crippen MR) is 69.4 cm³/mol. The number of carbonyl (C=O) groups is 1. The smallest absolute Gasteiger partial charge is 0.547 e. The van der Waals surface area contributed by atoms with E-state index in [0.29, 0.717) is 30.2 Å². The van der Waals surface area contributed by atoms with Gasteiger partial charge in [-0.3, -0.25) is 0 Å². The van der Waals surface area contributed by atoms with E-state index in [2.05, 4.69) is 4.74 Å². The molecule has 4 nitrogen and oxygen atoms in total. The van der Waals surface area contributed by atoms with Crippen LogP contribution in [-0.4, -0.2) is 31.0 Å². The number of ether oxygens (including phenoxy) is 2. The fourth-order valence-electron chi connectivity index (χ4n) is 1.88. The normalized spacial score (nSPS) is 21.2. The molecule has 1 aromatic rings. The third-order valence-electron chi connectivity index (χ3n) is 3.24. The van der Waals surface area contributed by atoms with E-state index in [1.807, 2.05) is 0 Å². The van der Waals surface area contributed by atoms with Crippen LogP contribution in [0.25, 0.3) is 0 Å². The van der Waals surface area contributed by atoms with Crippen LogP contribution in [-0.2, 0) is 9.53 Å². The Kier molecular flexibility index (Phi) is 7.44. The molecule has 110 valence electrons. The molecule has 21 heavy (non-hydrogen) atoms. The number of aliphatic carboxylic acids is 1. The van der Waals surface area contributed by atoms with Gasteiger partial charge >= 0.3 is 29.6 Å². The van der Waals surface area contributed by atoms with Gasteiger partial charge in [-0.25, -0.2) is 4.39 Å². The fourth-order valence-corrected chi connectivity index (χ4v) is 2.01. The van der Waals surface area contributed by atoms with Crippen molar-refractivity contribution in [3.05, 3.63) is 29.3 Å². The molecule has 7 heteroatoms. The van der Waals surface area contributed by atoms with E-state index in [1.165, 1.54) is 0 Å². The molecule has 0 spiro atoms. The van der Waals surface area contributed by atoms with Crippen molar-refractivity contribution in [3.63, 3.8) is 0 Å². The second kappa shape index (κ2) is 8.34. The molecule has 2 rings (SSSR count). The van der Waals surface area contributed by atoms with Crippen LogP contribution in [0.2, 0.25) is 5.02 Å². The summed E-state index contributed by atoms with van der Waals surface area (Å²) < 4.78 is 23.8. The van der Waals surface area contributed by atoms with Gasteiger partial charge in [0.2, 0.25) is 0 Å². The first-order valence-electron chi connectivity index (χ1n) is 6.42. The predicted octanol–water partition coefficient (Wildman–Crippen LogP) is -1.25. The SMILES string of the molecule is O=C([O-])C1(C(F)CCCCOc2ccc(Cl)cc2)CO1.[Na+]. The van der Waals surface area contributed by atoms with E-state index in [9.17, 15) is 14.3 Å². The summed E-state index contributed by atoms with van der Waals surface area (Å²) in [6, 6.07) is 6.96. The number of hydrogen-bond acceptors (Lipinski definition) is 4. The van der Waals surface area contributed by atoms with E-state index in [4.69, 9.17) is 16.3 Å². The summed E-state index contributed by atoms with van der Waals surface area (Å²) in [5.74, 6) is -0.773. The van der Waals surface area contributed by atoms with Crippen molar-refractivity contribution in [1.29, 1.82) is 0 Å². The number of hydrogen-bond donors (Lipinski definition) is 0. The van der Waals surface area contributed by atoms with Crippen LogP contribution in [0.5, 0.6) is 5.75 Å². The maximum absolute atomic E-state index is 13.7. The van der Waals surface area contributed by atoms with E-state index in [0.717, 1.165) is 0 Å². The Morgan fingerprint density at radius 3 is 2.57 bits per heavy atom. The van der Waals surface area contributed by atoms with Gasteiger partial charge in [0.05, 0.1) is 19.2 Å². The molecule has 1 heterocycles. The molecule has 0 aromatic heterocycles. The number of carboxylic acids is 1. The van der Waals surface area contributed by atoms with Crippen LogP contribution >= 0.6 is 11.6 Å². The quantitative estimate of drug-likeness (QED) is 0.341. The number of carboxylic acid groups (broad SMARTS) is 1. The maximum Gasteiger partial charge on any atom is 1.00 e. The summed E-state index contributed by atoms with van der Waals surface area (Å²) in [4.78, 5) is 10.7. The van der Waals surface area contributed by atoms with Crippen molar-refractivity contribution >= 4 is 17.6 Å². The van der Waals surface area contributed by atoms with Crippen LogP contribution in [0.15, 0.2) is 24.3 Å². The molecule has 1 aliphatic heterocycles. The Morgan fingerprint density at radius 2 is 2.05 bits per heavy atom. The van der Waals surface area contributed by atoms with Gasteiger partial charge < -0.3 is 19.4 Å². The molecule has 0 bridgehead atoms. The average molecular weight is 325 g/mol. The Bertz CT molecular complexity index is 465. The topological polar surface area (TPSA) is 61.9 Å². The van der Waals surface area contributed by atoms with Gasteiger partial charge in [0.1, 0.15) is 11.9 Å². The Balaban J connectivity index is 0.00000220. The molecule has 1 aromatic carbocycles. The molecular weight excluding hydrogens is 310 g/mol. The molecule has 0 amide bonds. The zero-order valence-corrected chi connectivity index (χ0v) is 14.6. The summed E-state index contributed by atoms with van der Waals surface area (Å²) >= 11 is 5.74. The third-order valence-corrected chi connectivity index (χ3v) is 3.49. The summed E-state index contributed by atoms with van der Waals surface area (Å²) in [7, 11) is 0. The fraction of sp³-hybridized carbons (Fsp3) is 0.500. The van der Waals surface area contributed by atoms with Crippen LogP contribution < -0.4 is 39.4 Å². The van der Waals surface area contributed by atoms with Gasteiger partial charge in [0.25, 0.3) is 0 Å². The molecule has 0 N–H and O–H groups in total. The molecule has 0 aliphatic carbocycles. The molecule has 1 aliphatic rings. The molecule has 0 saturated carbocycles. The number of epoxide rings is 1. The molecule has 2 unspecified atom stereocenters. The Labute approximate surface area is 149 Å². The van der Waals surface area contributed by atoms with Gasteiger partial charge in [-0.05, 0) is 43.5 Å². The second-order valence-electron chi connectivity index (χ2n) is 4.73. The monoisotopic (exact) mass is 324 g/mol. The Morgan fingerprint density at radius 1 is 1.43 bits per heavy atom.